The van der Waals surface area contributed by atoms with Gasteiger partial charge in [0.05, 0.1) is 5.56 Å². The Kier molecular flexibility index (Phi) is 4.30. The molecule has 1 atom stereocenters. The summed E-state index contributed by atoms with van der Waals surface area (Å²) < 4.78 is 53.4. The first kappa shape index (κ1) is 17.8. The molecule has 0 radical (unpaired) electrons. The molecule has 0 aliphatic heterocycles. The molecular formula is C20H21F4N. The molecule has 2 aromatic rings. The molecule has 1 unspecified atom stereocenters. The molecule has 1 aliphatic rings. The Morgan fingerprint density at radius 3 is 2.48 bits per heavy atom. The third-order valence-corrected chi connectivity index (χ3v) is 5.02. The van der Waals surface area contributed by atoms with E-state index < -0.39 is 17.6 Å². The van der Waals surface area contributed by atoms with Gasteiger partial charge < -0.3 is 5.32 Å². The van der Waals surface area contributed by atoms with E-state index in [0.717, 1.165) is 35.9 Å². The zero-order valence-corrected chi connectivity index (χ0v) is 14.5. The summed E-state index contributed by atoms with van der Waals surface area (Å²) in [5.41, 5.74) is 1.86. The van der Waals surface area contributed by atoms with E-state index in [0.29, 0.717) is 5.92 Å². The topological polar surface area (TPSA) is 12.0 Å². The molecule has 0 saturated heterocycles. The van der Waals surface area contributed by atoms with Gasteiger partial charge in [-0.2, -0.15) is 13.2 Å². The number of benzene rings is 2. The Hall–Kier alpha value is -2.04. The number of halogens is 4. The van der Waals surface area contributed by atoms with Crippen LogP contribution in [0.3, 0.4) is 0 Å². The minimum atomic E-state index is -4.58. The fourth-order valence-corrected chi connectivity index (χ4v) is 4.01. The number of anilines is 1. The third kappa shape index (κ3) is 3.24. The molecule has 0 heterocycles. The Morgan fingerprint density at radius 2 is 1.80 bits per heavy atom. The summed E-state index contributed by atoms with van der Waals surface area (Å²) >= 11 is 0. The second-order valence-electron chi connectivity index (χ2n) is 7.37. The maximum absolute atomic E-state index is 14.0. The molecule has 25 heavy (non-hydrogen) atoms. The summed E-state index contributed by atoms with van der Waals surface area (Å²) in [6.07, 6.45) is -3.60. The van der Waals surface area contributed by atoms with Gasteiger partial charge in [-0.05, 0) is 47.1 Å². The monoisotopic (exact) mass is 351 g/mol. The van der Waals surface area contributed by atoms with Crippen molar-refractivity contribution in [2.75, 3.05) is 5.32 Å². The summed E-state index contributed by atoms with van der Waals surface area (Å²) in [6, 6.07) is 8.88. The van der Waals surface area contributed by atoms with Gasteiger partial charge in [-0.1, -0.05) is 39.0 Å². The van der Waals surface area contributed by atoms with Crippen LogP contribution < -0.4 is 5.32 Å². The van der Waals surface area contributed by atoms with Crippen LogP contribution in [0.4, 0.5) is 23.2 Å². The van der Waals surface area contributed by atoms with Crippen LogP contribution in [0.15, 0.2) is 36.4 Å². The van der Waals surface area contributed by atoms with Crippen LogP contribution in [0.1, 0.15) is 55.4 Å². The highest BCUT2D eigenvalue weighted by Crippen LogP contribution is 2.48. The Labute approximate surface area is 145 Å². The van der Waals surface area contributed by atoms with Gasteiger partial charge in [0.2, 0.25) is 0 Å². The fraction of sp³-hybridized carbons (Fsp3) is 0.400. The van der Waals surface area contributed by atoms with Crippen molar-refractivity contribution < 1.29 is 17.6 Å². The molecule has 0 spiro atoms. The lowest BCUT2D eigenvalue weighted by atomic mass is 9.86. The van der Waals surface area contributed by atoms with Gasteiger partial charge in [0.25, 0.3) is 0 Å². The average Bonchev–Trinajstić information content (AvgIpc) is 2.75. The van der Waals surface area contributed by atoms with E-state index >= 15 is 0 Å². The van der Waals surface area contributed by atoms with E-state index in [1.807, 2.05) is 12.1 Å². The third-order valence-electron chi connectivity index (χ3n) is 5.02. The zero-order valence-electron chi connectivity index (χ0n) is 14.5. The molecule has 3 rings (SSSR count). The highest BCUT2D eigenvalue weighted by Gasteiger charge is 2.37. The summed E-state index contributed by atoms with van der Waals surface area (Å²) in [5.74, 6) is -0.542. The zero-order chi connectivity index (χ0) is 18.4. The lowest BCUT2D eigenvalue weighted by molar-refractivity contribution is -0.138. The van der Waals surface area contributed by atoms with Crippen molar-refractivity contribution in [2.24, 2.45) is 0 Å². The molecule has 5 heteroatoms. The quantitative estimate of drug-likeness (QED) is 0.645. The van der Waals surface area contributed by atoms with Crippen LogP contribution in [0.2, 0.25) is 0 Å². The van der Waals surface area contributed by atoms with Crippen molar-refractivity contribution in [1.82, 2.24) is 0 Å². The molecule has 1 nitrogen and oxygen atoms in total. The molecule has 0 fully saturated rings. The first-order valence-corrected chi connectivity index (χ1v) is 8.33. The molecule has 1 N–H and O–H groups in total. The number of hydrogen-bond donors (Lipinski definition) is 1. The van der Waals surface area contributed by atoms with E-state index in [-0.39, 0.29) is 17.5 Å². The normalized spacial score (nSPS) is 18.9. The van der Waals surface area contributed by atoms with Gasteiger partial charge in [0.1, 0.15) is 5.82 Å². The van der Waals surface area contributed by atoms with Gasteiger partial charge in [-0.15, -0.1) is 0 Å². The molecule has 0 bridgehead atoms. The van der Waals surface area contributed by atoms with E-state index in [4.69, 9.17) is 0 Å². The molecular weight excluding hydrogens is 330 g/mol. The number of rotatable bonds is 3. The summed E-state index contributed by atoms with van der Waals surface area (Å²) in [5, 5.41) is 3.04. The number of hydrogen-bond acceptors (Lipinski definition) is 1. The number of alkyl halides is 3. The van der Waals surface area contributed by atoms with Crippen molar-refractivity contribution >= 4 is 5.69 Å². The first-order valence-electron chi connectivity index (χ1n) is 8.33. The summed E-state index contributed by atoms with van der Waals surface area (Å²) in [6.45, 7) is 6.24. The predicted molar refractivity (Wildman–Crippen MR) is 91.2 cm³/mol. The van der Waals surface area contributed by atoms with E-state index in [2.05, 4.69) is 32.2 Å². The molecule has 0 aromatic heterocycles. The average molecular weight is 351 g/mol. The Balaban J connectivity index is 1.94. The highest BCUT2D eigenvalue weighted by molar-refractivity contribution is 5.61. The summed E-state index contributed by atoms with van der Waals surface area (Å²) in [4.78, 5) is 0. The van der Waals surface area contributed by atoms with Crippen molar-refractivity contribution in [1.29, 1.82) is 0 Å². The largest absolute Gasteiger partial charge is 0.416 e. The lowest BCUT2D eigenvalue weighted by Gasteiger charge is -2.20. The van der Waals surface area contributed by atoms with Gasteiger partial charge in [-0.25, -0.2) is 4.39 Å². The van der Waals surface area contributed by atoms with Crippen molar-refractivity contribution in [2.45, 2.75) is 51.2 Å². The number of nitrogens with one attached hydrogen (secondary N) is 1. The van der Waals surface area contributed by atoms with Crippen LogP contribution in [0.5, 0.6) is 0 Å². The van der Waals surface area contributed by atoms with Crippen molar-refractivity contribution in [3.63, 3.8) is 0 Å². The van der Waals surface area contributed by atoms with Crippen LogP contribution >= 0.6 is 0 Å². The van der Waals surface area contributed by atoms with E-state index in [9.17, 15) is 17.6 Å². The molecule has 0 amide bonds. The first-order chi connectivity index (χ1) is 11.6. The van der Waals surface area contributed by atoms with Gasteiger partial charge >= 0.3 is 6.18 Å². The van der Waals surface area contributed by atoms with Gasteiger partial charge in [0, 0.05) is 17.8 Å². The maximum atomic E-state index is 14.0. The molecule has 0 saturated carbocycles. The van der Waals surface area contributed by atoms with E-state index in [1.54, 1.807) is 0 Å². The second kappa shape index (κ2) is 6.04. The number of fused-ring (bicyclic) bond motifs is 1. The van der Waals surface area contributed by atoms with Crippen LogP contribution in [0, 0.1) is 5.82 Å². The van der Waals surface area contributed by atoms with Crippen LogP contribution in [-0.4, -0.2) is 0 Å². The Morgan fingerprint density at radius 1 is 1.12 bits per heavy atom. The van der Waals surface area contributed by atoms with Gasteiger partial charge in [-0.3, -0.25) is 0 Å². The second-order valence-corrected chi connectivity index (χ2v) is 7.37. The highest BCUT2D eigenvalue weighted by atomic mass is 19.4. The fourth-order valence-electron chi connectivity index (χ4n) is 4.01. The molecule has 1 aliphatic carbocycles. The van der Waals surface area contributed by atoms with Crippen LogP contribution in [0.25, 0.3) is 0 Å². The van der Waals surface area contributed by atoms with Crippen LogP contribution in [-0.2, 0) is 18.1 Å². The maximum Gasteiger partial charge on any atom is 0.416 e. The van der Waals surface area contributed by atoms with E-state index in [1.165, 1.54) is 5.56 Å². The van der Waals surface area contributed by atoms with Crippen molar-refractivity contribution in [3.8, 4) is 0 Å². The van der Waals surface area contributed by atoms with Gasteiger partial charge in [0.15, 0.2) is 0 Å². The summed E-state index contributed by atoms with van der Waals surface area (Å²) in [7, 11) is 0. The standard InChI is InChI=1S/C20H21F4N/c1-12-10-19(2,3)15-7-5-9-17(18(12)15)25-11-13-14(20(22,23)24)6-4-8-16(13)21/h4-9,12,25H,10-11H2,1-3H3. The SMILES string of the molecule is CC1CC(C)(C)c2cccc(NCc3c(F)cccc3C(F)(F)F)c21. The smallest absolute Gasteiger partial charge is 0.381 e. The molecule has 134 valence electrons. The lowest BCUT2D eigenvalue weighted by Crippen LogP contribution is -2.14. The minimum Gasteiger partial charge on any atom is -0.381 e. The molecule has 2 aromatic carbocycles. The predicted octanol–water partition coefficient (Wildman–Crippen LogP) is 6.24. The Bertz CT molecular complexity index is 793. The minimum absolute atomic E-state index is 0.0293. The van der Waals surface area contributed by atoms with Crippen molar-refractivity contribution in [3.05, 3.63) is 64.5 Å².